The van der Waals surface area contributed by atoms with Crippen molar-refractivity contribution in [2.45, 2.75) is 38.6 Å². The molecule has 0 spiro atoms. The lowest BCUT2D eigenvalue weighted by Crippen LogP contribution is -2.34. The highest BCUT2D eigenvalue weighted by Crippen LogP contribution is 2.32. The zero-order valence-corrected chi connectivity index (χ0v) is 12.2. The molecule has 1 aliphatic rings. The second-order valence-electron chi connectivity index (χ2n) is 5.18. The second kappa shape index (κ2) is 5.75. The van der Waals surface area contributed by atoms with Crippen LogP contribution in [-0.2, 0) is 11.2 Å². The van der Waals surface area contributed by atoms with Gasteiger partial charge in [-0.25, -0.2) is 0 Å². The zero-order chi connectivity index (χ0) is 13.9. The van der Waals surface area contributed by atoms with Gasteiger partial charge < -0.3 is 9.84 Å². The number of carbonyl (C=O) groups excluding carboxylic acids is 1. The maximum atomic E-state index is 11.8. The summed E-state index contributed by atoms with van der Waals surface area (Å²) in [7, 11) is 0. The van der Waals surface area contributed by atoms with Crippen molar-refractivity contribution in [3.63, 3.8) is 0 Å². The summed E-state index contributed by atoms with van der Waals surface area (Å²) in [5.41, 5.74) is 0. The number of nitrogens with zero attached hydrogens (tertiary/aromatic N) is 2. The van der Waals surface area contributed by atoms with Crippen LogP contribution in [0.2, 0.25) is 0 Å². The Hall–Kier alpha value is -1.69. The summed E-state index contributed by atoms with van der Waals surface area (Å²) in [5.74, 6) is 1.84. The van der Waals surface area contributed by atoms with Gasteiger partial charge in [0, 0.05) is 18.9 Å². The predicted octanol–water partition coefficient (Wildman–Crippen LogP) is 2.65. The summed E-state index contributed by atoms with van der Waals surface area (Å²) in [6.07, 6.45) is 3.34. The van der Waals surface area contributed by atoms with E-state index in [4.69, 9.17) is 4.52 Å². The molecule has 0 aliphatic heterocycles. The first kappa shape index (κ1) is 13.3. The van der Waals surface area contributed by atoms with Crippen molar-refractivity contribution in [3.05, 3.63) is 23.4 Å². The average molecular weight is 291 g/mol. The van der Waals surface area contributed by atoms with E-state index in [0.717, 1.165) is 4.88 Å². The van der Waals surface area contributed by atoms with E-state index in [9.17, 15) is 4.79 Å². The topological polar surface area (TPSA) is 68.0 Å². The second-order valence-corrected chi connectivity index (χ2v) is 6.13. The molecule has 0 radical (unpaired) electrons. The number of carbonyl (C=O) groups is 1. The summed E-state index contributed by atoms with van der Waals surface area (Å²) in [4.78, 5) is 17.1. The number of thiophene rings is 1. The summed E-state index contributed by atoms with van der Waals surface area (Å²) >= 11 is 1.57. The molecule has 2 aromatic heterocycles. The molecule has 0 aromatic carbocycles. The van der Waals surface area contributed by atoms with E-state index in [-0.39, 0.29) is 11.9 Å². The fourth-order valence-corrected chi connectivity index (χ4v) is 2.77. The number of amides is 1. The molecular weight excluding hydrogens is 274 g/mol. The van der Waals surface area contributed by atoms with Crippen LogP contribution in [0.3, 0.4) is 0 Å². The number of hydrogen-bond acceptors (Lipinski definition) is 5. The number of aromatic nitrogens is 2. The normalized spacial score (nSPS) is 16.1. The molecular formula is C14H17N3O2S. The van der Waals surface area contributed by atoms with E-state index in [1.54, 1.807) is 11.3 Å². The molecule has 2 aromatic rings. The highest BCUT2D eigenvalue weighted by atomic mass is 32.1. The molecule has 1 N–H and O–H groups in total. The van der Waals surface area contributed by atoms with Gasteiger partial charge in [-0.1, -0.05) is 11.2 Å². The van der Waals surface area contributed by atoms with Crippen molar-refractivity contribution >= 4 is 17.2 Å². The third kappa shape index (κ3) is 3.25. The van der Waals surface area contributed by atoms with Gasteiger partial charge in [-0.15, -0.1) is 11.3 Å². The summed E-state index contributed by atoms with van der Waals surface area (Å²) in [6.45, 7) is 2.07. The fraction of sp³-hybridized carbons (Fsp3) is 0.500. The Balaban J connectivity index is 1.49. The van der Waals surface area contributed by atoms with E-state index in [1.165, 1.54) is 12.8 Å². The largest absolute Gasteiger partial charge is 0.353 e. The summed E-state index contributed by atoms with van der Waals surface area (Å²) < 4.78 is 5.17. The lowest BCUT2D eigenvalue weighted by molar-refractivity contribution is -0.121. The minimum absolute atomic E-state index is 0.0558. The van der Waals surface area contributed by atoms with Gasteiger partial charge in [-0.3, -0.25) is 4.79 Å². The maximum absolute atomic E-state index is 11.8. The van der Waals surface area contributed by atoms with Crippen molar-refractivity contribution in [1.29, 1.82) is 0 Å². The maximum Gasteiger partial charge on any atom is 0.227 e. The van der Waals surface area contributed by atoms with Crippen LogP contribution in [-0.4, -0.2) is 22.1 Å². The van der Waals surface area contributed by atoms with Crippen LogP contribution in [0.1, 0.15) is 32.1 Å². The molecule has 1 atom stereocenters. The van der Waals surface area contributed by atoms with Gasteiger partial charge in [-0.2, -0.15) is 4.98 Å². The van der Waals surface area contributed by atoms with Gasteiger partial charge in [-0.05, 0) is 37.1 Å². The van der Waals surface area contributed by atoms with Crippen LogP contribution >= 0.6 is 11.3 Å². The molecule has 6 heteroatoms. The van der Waals surface area contributed by atoms with E-state index in [2.05, 4.69) is 22.4 Å². The van der Waals surface area contributed by atoms with Gasteiger partial charge in [0.05, 0.1) is 4.88 Å². The van der Waals surface area contributed by atoms with Gasteiger partial charge in [0.25, 0.3) is 0 Å². The smallest absolute Gasteiger partial charge is 0.227 e. The van der Waals surface area contributed by atoms with E-state index in [0.29, 0.717) is 30.5 Å². The van der Waals surface area contributed by atoms with Crippen molar-refractivity contribution in [2.24, 2.45) is 5.92 Å². The number of rotatable bonds is 6. The highest BCUT2D eigenvalue weighted by Gasteiger charge is 2.28. The number of nitrogens with one attached hydrogen (secondary N) is 1. The minimum atomic E-state index is 0.0558. The monoisotopic (exact) mass is 291 g/mol. The number of hydrogen-bond donors (Lipinski definition) is 1. The molecule has 3 rings (SSSR count). The molecule has 1 aliphatic carbocycles. The Kier molecular flexibility index (Phi) is 3.82. The molecule has 0 saturated heterocycles. The molecule has 2 heterocycles. The molecule has 0 bridgehead atoms. The van der Waals surface area contributed by atoms with Crippen LogP contribution in [0.25, 0.3) is 10.7 Å². The standard InChI is InChI=1S/C14H17N3O2S/c1-9(10-4-5-10)15-12(18)6-7-13-16-14(17-19-13)11-3-2-8-20-11/h2-3,8-10H,4-7H2,1H3,(H,15,18). The zero-order valence-electron chi connectivity index (χ0n) is 11.3. The molecule has 1 saturated carbocycles. The van der Waals surface area contributed by atoms with Crippen molar-refractivity contribution < 1.29 is 9.32 Å². The van der Waals surface area contributed by atoms with E-state index >= 15 is 0 Å². The quantitative estimate of drug-likeness (QED) is 0.888. The molecule has 106 valence electrons. The first-order chi connectivity index (χ1) is 9.72. The van der Waals surface area contributed by atoms with Gasteiger partial charge in [0.2, 0.25) is 17.6 Å². The van der Waals surface area contributed by atoms with E-state index in [1.807, 2.05) is 17.5 Å². The average Bonchev–Trinajstić information content (AvgIpc) is 2.96. The van der Waals surface area contributed by atoms with Crippen molar-refractivity contribution in [1.82, 2.24) is 15.5 Å². The molecule has 1 fully saturated rings. The van der Waals surface area contributed by atoms with Gasteiger partial charge >= 0.3 is 0 Å². The third-order valence-corrected chi connectivity index (χ3v) is 4.36. The first-order valence-corrected chi connectivity index (χ1v) is 7.76. The summed E-state index contributed by atoms with van der Waals surface area (Å²) in [6, 6.07) is 4.18. The Morgan fingerprint density at radius 3 is 3.15 bits per heavy atom. The highest BCUT2D eigenvalue weighted by molar-refractivity contribution is 7.13. The SMILES string of the molecule is CC(NC(=O)CCc1nc(-c2cccs2)no1)C1CC1. The van der Waals surface area contributed by atoms with Crippen LogP contribution in [0, 0.1) is 5.92 Å². The van der Waals surface area contributed by atoms with Crippen LogP contribution in [0.15, 0.2) is 22.0 Å². The van der Waals surface area contributed by atoms with Crippen molar-refractivity contribution in [2.75, 3.05) is 0 Å². The Bertz CT molecular complexity index is 575. The van der Waals surface area contributed by atoms with Crippen LogP contribution in [0.4, 0.5) is 0 Å². The lowest BCUT2D eigenvalue weighted by atomic mass is 10.2. The predicted molar refractivity (Wildman–Crippen MR) is 76.3 cm³/mol. The van der Waals surface area contributed by atoms with Crippen LogP contribution in [0.5, 0.6) is 0 Å². The third-order valence-electron chi connectivity index (χ3n) is 3.49. The van der Waals surface area contributed by atoms with Gasteiger partial charge in [0.15, 0.2) is 0 Å². The fourth-order valence-electron chi connectivity index (χ4n) is 2.12. The molecule has 1 amide bonds. The molecule has 5 nitrogen and oxygen atoms in total. The first-order valence-electron chi connectivity index (χ1n) is 6.88. The molecule has 20 heavy (non-hydrogen) atoms. The summed E-state index contributed by atoms with van der Waals surface area (Å²) in [5, 5.41) is 8.92. The Morgan fingerprint density at radius 1 is 1.60 bits per heavy atom. The minimum Gasteiger partial charge on any atom is -0.353 e. The Labute approximate surface area is 121 Å². The number of aryl methyl sites for hydroxylation is 1. The van der Waals surface area contributed by atoms with Crippen molar-refractivity contribution in [3.8, 4) is 10.7 Å². The Morgan fingerprint density at radius 2 is 2.45 bits per heavy atom. The van der Waals surface area contributed by atoms with E-state index < -0.39 is 0 Å². The molecule has 1 unspecified atom stereocenters. The lowest BCUT2D eigenvalue weighted by Gasteiger charge is -2.11. The van der Waals surface area contributed by atoms with Crippen LogP contribution < -0.4 is 5.32 Å². The van der Waals surface area contributed by atoms with Gasteiger partial charge in [0.1, 0.15) is 0 Å².